The van der Waals surface area contributed by atoms with Crippen molar-refractivity contribution >= 4 is 17.6 Å². The molecule has 1 saturated heterocycles. The van der Waals surface area contributed by atoms with Crippen LogP contribution in [0.2, 0.25) is 0 Å². The number of halogens is 1. The van der Waals surface area contributed by atoms with Crippen molar-refractivity contribution < 1.29 is 18.7 Å². The fourth-order valence-corrected chi connectivity index (χ4v) is 4.22. The van der Waals surface area contributed by atoms with Crippen molar-refractivity contribution in [3.05, 3.63) is 76.6 Å². The van der Waals surface area contributed by atoms with Crippen LogP contribution in [0.4, 0.5) is 9.18 Å². The number of hydrogen-bond donors (Lipinski definition) is 0. The van der Waals surface area contributed by atoms with Gasteiger partial charge in [-0.15, -0.1) is 0 Å². The average Bonchev–Trinajstić information content (AvgIpc) is 2.81. The summed E-state index contributed by atoms with van der Waals surface area (Å²) in [7, 11) is 0. The monoisotopic (exact) mass is 466 g/mol. The molecule has 34 heavy (non-hydrogen) atoms. The topological polar surface area (TPSA) is 49.9 Å². The lowest BCUT2D eigenvalue weighted by atomic mass is 9.88. The van der Waals surface area contributed by atoms with E-state index in [9.17, 15) is 14.0 Å². The minimum Gasteiger partial charge on any atom is -0.444 e. The molecule has 2 aromatic carbocycles. The van der Waals surface area contributed by atoms with Crippen LogP contribution in [0.25, 0.3) is 5.57 Å². The van der Waals surface area contributed by atoms with Crippen LogP contribution in [0, 0.1) is 5.82 Å². The largest absolute Gasteiger partial charge is 0.444 e. The maximum absolute atomic E-state index is 14.9. The fraction of sp³-hybridized carbons (Fsp3) is 0.429. The molecule has 5 nitrogen and oxygen atoms in total. The van der Waals surface area contributed by atoms with Gasteiger partial charge < -0.3 is 14.5 Å². The van der Waals surface area contributed by atoms with Gasteiger partial charge in [-0.05, 0) is 76.8 Å². The first-order valence-electron chi connectivity index (χ1n) is 12.0. The molecule has 0 unspecified atom stereocenters. The molecule has 2 aromatic rings. The van der Waals surface area contributed by atoms with Gasteiger partial charge in [-0.25, -0.2) is 9.18 Å². The third-order valence-electron chi connectivity index (χ3n) is 5.99. The number of rotatable bonds is 5. The molecule has 0 atom stereocenters. The Hall–Kier alpha value is -3.15. The Kier molecular flexibility index (Phi) is 8.13. The van der Waals surface area contributed by atoms with Crippen molar-refractivity contribution in [1.29, 1.82) is 0 Å². The molecule has 1 fully saturated rings. The van der Waals surface area contributed by atoms with Gasteiger partial charge in [0.25, 0.3) is 5.91 Å². The Morgan fingerprint density at radius 2 is 1.50 bits per heavy atom. The number of carbonyl (C=O) groups excluding carboxylic acids is 2. The van der Waals surface area contributed by atoms with Gasteiger partial charge in [-0.1, -0.05) is 35.9 Å². The molecule has 0 spiro atoms. The van der Waals surface area contributed by atoms with E-state index < -0.39 is 5.60 Å². The van der Waals surface area contributed by atoms with E-state index in [1.54, 1.807) is 21.9 Å². The Labute approximate surface area is 202 Å². The maximum atomic E-state index is 14.9. The standard InChI is InChI=1S/C28H35FN2O3/c1-6-30(7-2)26(32)22-14-12-20(13-15-22)25(23-10-8-9-11-24(23)29)21-16-18-31(19-17-21)27(33)34-28(3,4)5/h8-15H,6-7,16-19H2,1-5H3. The van der Waals surface area contributed by atoms with E-state index in [1.165, 1.54) is 6.07 Å². The Morgan fingerprint density at radius 1 is 0.941 bits per heavy atom. The Morgan fingerprint density at radius 3 is 2.03 bits per heavy atom. The van der Waals surface area contributed by atoms with E-state index in [0.29, 0.717) is 50.1 Å². The summed E-state index contributed by atoms with van der Waals surface area (Å²) in [5.41, 5.74) is 3.39. The number of nitrogens with zero attached hydrogens (tertiary/aromatic N) is 2. The lowest BCUT2D eigenvalue weighted by molar-refractivity contribution is 0.0236. The molecule has 0 aromatic heterocycles. The van der Waals surface area contributed by atoms with E-state index in [4.69, 9.17) is 4.74 Å². The minimum atomic E-state index is -0.546. The van der Waals surface area contributed by atoms with Crippen molar-refractivity contribution in [3.63, 3.8) is 0 Å². The van der Waals surface area contributed by atoms with Crippen molar-refractivity contribution in [2.24, 2.45) is 0 Å². The van der Waals surface area contributed by atoms with E-state index >= 15 is 0 Å². The molecule has 0 radical (unpaired) electrons. The van der Waals surface area contributed by atoms with Crippen LogP contribution in [0.1, 0.15) is 68.9 Å². The third-order valence-corrected chi connectivity index (χ3v) is 5.99. The summed E-state index contributed by atoms with van der Waals surface area (Å²) in [6.07, 6.45) is 0.935. The van der Waals surface area contributed by atoms with Crippen LogP contribution >= 0.6 is 0 Å². The maximum Gasteiger partial charge on any atom is 0.410 e. The molecule has 0 N–H and O–H groups in total. The number of ether oxygens (including phenoxy) is 1. The zero-order valence-electron chi connectivity index (χ0n) is 20.9. The van der Waals surface area contributed by atoms with Crippen LogP contribution in [0.3, 0.4) is 0 Å². The molecule has 3 rings (SSSR count). The molecule has 0 aliphatic carbocycles. The number of carbonyl (C=O) groups is 2. The van der Waals surface area contributed by atoms with Gasteiger partial charge in [0.1, 0.15) is 11.4 Å². The fourth-order valence-electron chi connectivity index (χ4n) is 4.22. The van der Waals surface area contributed by atoms with Gasteiger partial charge in [0, 0.05) is 37.3 Å². The van der Waals surface area contributed by atoms with Crippen LogP contribution in [0.5, 0.6) is 0 Å². The minimum absolute atomic E-state index is 0.0117. The summed E-state index contributed by atoms with van der Waals surface area (Å²) in [6.45, 7) is 11.8. The van der Waals surface area contributed by atoms with Crippen LogP contribution in [-0.4, -0.2) is 53.6 Å². The highest BCUT2D eigenvalue weighted by Crippen LogP contribution is 2.34. The quantitative estimate of drug-likeness (QED) is 0.532. The van der Waals surface area contributed by atoms with Crippen molar-refractivity contribution in [3.8, 4) is 0 Å². The number of likely N-dealkylation sites (tertiary alicyclic amines) is 1. The predicted molar refractivity (Wildman–Crippen MR) is 133 cm³/mol. The molecule has 2 amide bonds. The number of piperidine rings is 1. The zero-order valence-corrected chi connectivity index (χ0v) is 20.9. The van der Waals surface area contributed by atoms with Gasteiger partial charge in [0.2, 0.25) is 0 Å². The van der Waals surface area contributed by atoms with Crippen LogP contribution in [-0.2, 0) is 4.74 Å². The summed E-state index contributed by atoms with van der Waals surface area (Å²) in [4.78, 5) is 28.7. The lowest BCUT2D eigenvalue weighted by Crippen LogP contribution is -2.40. The van der Waals surface area contributed by atoms with Gasteiger partial charge >= 0.3 is 6.09 Å². The molecular formula is C28H35FN2O3. The Balaban J connectivity index is 1.92. The molecule has 182 valence electrons. The average molecular weight is 467 g/mol. The smallest absolute Gasteiger partial charge is 0.410 e. The van der Waals surface area contributed by atoms with Crippen LogP contribution in [0.15, 0.2) is 54.1 Å². The molecule has 0 bridgehead atoms. The summed E-state index contributed by atoms with van der Waals surface area (Å²) in [5, 5.41) is 0. The summed E-state index contributed by atoms with van der Waals surface area (Å²) >= 11 is 0. The second-order valence-corrected chi connectivity index (χ2v) is 9.48. The highest BCUT2D eigenvalue weighted by atomic mass is 19.1. The number of hydrogen-bond acceptors (Lipinski definition) is 3. The van der Waals surface area contributed by atoms with E-state index in [-0.39, 0.29) is 17.8 Å². The molecule has 1 heterocycles. The molecule has 1 aliphatic rings. The van der Waals surface area contributed by atoms with Crippen LogP contribution < -0.4 is 0 Å². The van der Waals surface area contributed by atoms with Gasteiger partial charge in [-0.3, -0.25) is 4.79 Å². The van der Waals surface area contributed by atoms with Crippen molar-refractivity contribution in [2.45, 2.75) is 53.1 Å². The van der Waals surface area contributed by atoms with Gasteiger partial charge in [0.15, 0.2) is 0 Å². The highest BCUT2D eigenvalue weighted by Gasteiger charge is 2.27. The van der Waals surface area contributed by atoms with E-state index in [2.05, 4.69) is 0 Å². The molecule has 1 aliphatic heterocycles. The lowest BCUT2D eigenvalue weighted by Gasteiger charge is -2.32. The zero-order chi connectivity index (χ0) is 24.9. The summed E-state index contributed by atoms with van der Waals surface area (Å²) < 4.78 is 20.4. The SMILES string of the molecule is CCN(CC)C(=O)c1ccc(C(=C2CCN(C(=O)OC(C)(C)C)CC2)c2ccccc2F)cc1. The van der Waals surface area contributed by atoms with E-state index in [1.807, 2.05) is 65.0 Å². The van der Waals surface area contributed by atoms with Gasteiger partial charge in [-0.2, -0.15) is 0 Å². The first-order valence-corrected chi connectivity index (χ1v) is 12.0. The molecule has 0 saturated carbocycles. The third kappa shape index (κ3) is 6.04. The van der Waals surface area contributed by atoms with E-state index in [0.717, 1.165) is 16.7 Å². The second kappa shape index (κ2) is 10.9. The first-order chi connectivity index (χ1) is 16.1. The van der Waals surface area contributed by atoms with Crippen molar-refractivity contribution in [2.75, 3.05) is 26.2 Å². The summed E-state index contributed by atoms with van der Waals surface area (Å²) in [5.74, 6) is -0.301. The number of benzene rings is 2. The second-order valence-electron chi connectivity index (χ2n) is 9.48. The first kappa shape index (κ1) is 25.5. The Bertz CT molecular complexity index is 1040. The normalized spacial score (nSPS) is 14.1. The van der Waals surface area contributed by atoms with Crippen molar-refractivity contribution in [1.82, 2.24) is 9.80 Å². The molecule has 6 heteroatoms. The summed E-state index contributed by atoms with van der Waals surface area (Å²) in [6, 6.07) is 14.2. The number of amides is 2. The predicted octanol–water partition coefficient (Wildman–Crippen LogP) is 6.14. The molecular weight excluding hydrogens is 431 g/mol. The van der Waals surface area contributed by atoms with Gasteiger partial charge in [0.05, 0.1) is 0 Å². The highest BCUT2D eigenvalue weighted by molar-refractivity contribution is 5.95.